The molecule has 0 atom stereocenters. The second-order valence-corrected chi connectivity index (χ2v) is 6.69. The zero-order chi connectivity index (χ0) is 18.1. The molecule has 1 aliphatic rings. The molecule has 3 rings (SSSR count). The first-order chi connectivity index (χ1) is 11.0. The van der Waals surface area contributed by atoms with Crippen molar-refractivity contribution < 1.29 is 37.8 Å². The van der Waals surface area contributed by atoms with Crippen LogP contribution in [-0.2, 0) is 5.41 Å². The SMILES string of the molecule is C[N+]1=C(c2ccc(F)cc2)C(C)(C)c2ccccc21.[O-][Cl+3]([O-])([O-])[O-]. The topological polar surface area (TPSA) is 95.2 Å². The van der Waals surface area contributed by atoms with Crippen LogP contribution in [-0.4, -0.2) is 17.3 Å². The Labute approximate surface area is 141 Å². The van der Waals surface area contributed by atoms with E-state index in [2.05, 4.69) is 49.7 Å². The Kier molecular flexibility index (Phi) is 5.08. The molecule has 0 fully saturated rings. The van der Waals surface area contributed by atoms with Gasteiger partial charge in [-0.25, -0.2) is 23.0 Å². The molecule has 24 heavy (non-hydrogen) atoms. The molecule has 1 aliphatic heterocycles. The number of benzene rings is 2. The highest BCUT2D eigenvalue weighted by atomic mass is 35.7. The van der Waals surface area contributed by atoms with Crippen molar-refractivity contribution in [3.05, 3.63) is 65.5 Å². The van der Waals surface area contributed by atoms with Gasteiger partial charge in [-0.05, 0) is 38.1 Å². The lowest BCUT2D eigenvalue weighted by Gasteiger charge is -2.17. The Morgan fingerprint density at radius 1 is 0.917 bits per heavy atom. The summed E-state index contributed by atoms with van der Waals surface area (Å²) < 4.78 is 49.3. The summed E-state index contributed by atoms with van der Waals surface area (Å²) in [6.45, 7) is 4.43. The van der Waals surface area contributed by atoms with Crippen LogP contribution >= 0.6 is 0 Å². The van der Waals surface area contributed by atoms with Gasteiger partial charge in [-0.1, -0.05) is 18.2 Å². The van der Waals surface area contributed by atoms with Crippen molar-refractivity contribution in [1.29, 1.82) is 0 Å². The van der Waals surface area contributed by atoms with Crippen molar-refractivity contribution in [3.8, 4) is 0 Å². The van der Waals surface area contributed by atoms with Crippen molar-refractivity contribution >= 4 is 11.4 Å². The highest BCUT2D eigenvalue weighted by Crippen LogP contribution is 2.40. The highest BCUT2D eigenvalue weighted by molar-refractivity contribution is 6.07. The second kappa shape index (κ2) is 6.58. The van der Waals surface area contributed by atoms with E-state index in [9.17, 15) is 4.39 Å². The van der Waals surface area contributed by atoms with Crippen LogP contribution in [0.2, 0.25) is 0 Å². The number of rotatable bonds is 1. The summed E-state index contributed by atoms with van der Waals surface area (Å²) in [5.41, 5.74) is 4.77. The van der Waals surface area contributed by atoms with E-state index < -0.39 is 10.2 Å². The summed E-state index contributed by atoms with van der Waals surface area (Å²) in [5, 5.41) is 0. The van der Waals surface area contributed by atoms with E-state index >= 15 is 0 Å². The molecule has 0 N–H and O–H groups in total. The fraction of sp³-hybridized carbons (Fsp3) is 0.235. The zero-order valence-electron chi connectivity index (χ0n) is 13.5. The molecular weight excluding hydrogens is 337 g/mol. The maximum Gasteiger partial charge on any atom is 0.209 e. The molecule has 0 saturated carbocycles. The molecule has 0 amide bonds. The van der Waals surface area contributed by atoms with Crippen LogP contribution in [0.25, 0.3) is 0 Å². The largest absolute Gasteiger partial charge is 0.222 e. The minimum absolute atomic E-state index is 0.0663. The third-order valence-electron chi connectivity index (χ3n) is 3.98. The van der Waals surface area contributed by atoms with Crippen LogP contribution in [0.3, 0.4) is 0 Å². The van der Waals surface area contributed by atoms with Crippen LogP contribution < -0.4 is 18.6 Å². The molecule has 0 saturated heterocycles. The smallest absolute Gasteiger partial charge is 0.209 e. The van der Waals surface area contributed by atoms with Gasteiger partial charge in [0.15, 0.2) is 5.71 Å². The van der Waals surface area contributed by atoms with E-state index in [1.54, 1.807) is 0 Å². The summed E-state index contributed by atoms with van der Waals surface area (Å²) in [4.78, 5) is 0. The van der Waals surface area contributed by atoms with Crippen molar-refractivity contribution in [2.45, 2.75) is 19.3 Å². The van der Waals surface area contributed by atoms with E-state index in [1.807, 2.05) is 12.1 Å². The average Bonchev–Trinajstić information content (AvgIpc) is 2.67. The predicted octanol–water partition coefficient (Wildman–Crippen LogP) is -0.876. The van der Waals surface area contributed by atoms with Crippen molar-refractivity contribution in [1.82, 2.24) is 0 Å². The Balaban J connectivity index is 0.000000368. The van der Waals surface area contributed by atoms with Crippen molar-refractivity contribution in [2.24, 2.45) is 0 Å². The maximum absolute atomic E-state index is 13.1. The van der Waals surface area contributed by atoms with Crippen molar-refractivity contribution in [2.75, 3.05) is 7.05 Å². The minimum atomic E-state index is -4.94. The van der Waals surface area contributed by atoms with Gasteiger partial charge in [0, 0.05) is 17.2 Å². The van der Waals surface area contributed by atoms with E-state index in [0.29, 0.717) is 0 Å². The Morgan fingerprint density at radius 3 is 1.92 bits per heavy atom. The van der Waals surface area contributed by atoms with Gasteiger partial charge in [-0.2, -0.15) is 4.58 Å². The van der Waals surface area contributed by atoms with Crippen LogP contribution in [0.1, 0.15) is 25.0 Å². The molecular formula is C17H17ClFNO4. The monoisotopic (exact) mass is 353 g/mol. The maximum atomic E-state index is 13.1. The van der Waals surface area contributed by atoms with Gasteiger partial charge in [-0.15, -0.1) is 10.2 Å². The molecule has 0 bridgehead atoms. The molecule has 0 aromatic heterocycles. The first kappa shape index (κ1) is 18.5. The second-order valence-electron chi connectivity index (χ2n) is 5.93. The van der Waals surface area contributed by atoms with Crippen LogP contribution in [0.15, 0.2) is 48.5 Å². The molecule has 1 heterocycles. The van der Waals surface area contributed by atoms with E-state index in [1.165, 1.54) is 29.1 Å². The molecule has 2 aromatic carbocycles. The van der Waals surface area contributed by atoms with Crippen LogP contribution in [0.4, 0.5) is 10.1 Å². The molecule has 5 nitrogen and oxygen atoms in total. The first-order valence-corrected chi connectivity index (χ1v) is 8.33. The molecule has 0 spiro atoms. The predicted molar refractivity (Wildman–Crippen MR) is 75.8 cm³/mol. The van der Waals surface area contributed by atoms with Gasteiger partial charge in [0.25, 0.3) is 0 Å². The standard InChI is InChI=1S/C17H17FN.ClHO4/c1-17(2)14-6-4-5-7-15(14)19(3)16(17)12-8-10-13(18)11-9-12;2-1(3,4)5/h4-11H,1-3H3;(H,2,3,4,5)/q+1;/p-1. The molecule has 128 valence electrons. The summed E-state index contributed by atoms with van der Waals surface area (Å²) in [6, 6.07) is 15.2. The summed E-state index contributed by atoms with van der Waals surface area (Å²) in [5.74, 6) is -0.194. The van der Waals surface area contributed by atoms with Gasteiger partial charge in [0.05, 0.1) is 5.41 Å². The number of hydrogen-bond donors (Lipinski definition) is 0. The first-order valence-electron chi connectivity index (χ1n) is 7.10. The Hall–Kier alpha value is -1.83. The van der Waals surface area contributed by atoms with Gasteiger partial charge in [0.1, 0.15) is 12.9 Å². The Morgan fingerprint density at radius 2 is 1.42 bits per heavy atom. The van der Waals surface area contributed by atoms with Gasteiger partial charge in [-0.3, -0.25) is 0 Å². The summed E-state index contributed by atoms with van der Waals surface area (Å²) in [7, 11) is -2.87. The molecule has 2 aromatic rings. The molecule has 0 radical (unpaired) electrons. The number of halogens is 2. The highest BCUT2D eigenvalue weighted by Gasteiger charge is 2.44. The van der Waals surface area contributed by atoms with Crippen molar-refractivity contribution in [3.63, 3.8) is 0 Å². The number of para-hydroxylation sites is 1. The third-order valence-corrected chi connectivity index (χ3v) is 3.98. The lowest BCUT2D eigenvalue weighted by Crippen LogP contribution is -2.68. The number of fused-ring (bicyclic) bond motifs is 1. The van der Waals surface area contributed by atoms with Gasteiger partial charge in [0.2, 0.25) is 5.69 Å². The van der Waals surface area contributed by atoms with Crippen LogP contribution in [0.5, 0.6) is 0 Å². The fourth-order valence-electron chi connectivity index (χ4n) is 3.12. The summed E-state index contributed by atoms with van der Waals surface area (Å²) in [6.07, 6.45) is 0. The molecule has 0 aliphatic carbocycles. The normalized spacial score (nSPS) is 15.7. The minimum Gasteiger partial charge on any atom is -0.222 e. The van der Waals surface area contributed by atoms with E-state index in [4.69, 9.17) is 18.6 Å². The van der Waals surface area contributed by atoms with Gasteiger partial charge < -0.3 is 0 Å². The zero-order valence-corrected chi connectivity index (χ0v) is 14.2. The number of hydrogen-bond acceptors (Lipinski definition) is 4. The van der Waals surface area contributed by atoms with E-state index in [-0.39, 0.29) is 11.2 Å². The fourth-order valence-corrected chi connectivity index (χ4v) is 3.12. The lowest BCUT2D eigenvalue weighted by molar-refractivity contribution is -2.00. The van der Waals surface area contributed by atoms with E-state index in [0.717, 1.165) is 5.56 Å². The summed E-state index contributed by atoms with van der Waals surface area (Å²) >= 11 is 0. The Bertz CT molecular complexity index is 761. The lowest BCUT2D eigenvalue weighted by atomic mass is 9.79. The third kappa shape index (κ3) is 3.98. The van der Waals surface area contributed by atoms with Gasteiger partial charge >= 0.3 is 0 Å². The molecule has 0 unspecified atom stereocenters. The molecule has 7 heteroatoms. The number of nitrogens with zero attached hydrogens (tertiary/aromatic N) is 1. The van der Waals surface area contributed by atoms with Crippen LogP contribution in [0, 0.1) is 16.1 Å². The average molecular weight is 354 g/mol. The quantitative estimate of drug-likeness (QED) is 0.622.